The van der Waals surface area contributed by atoms with E-state index in [0.717, 1.165) is 36.5 Å². The van der Waals surface area contributed by atoms with Gasteiger partial charge in [-0.1, -0.05) is 51.1 Å². The van der Waals surface area contributed by atoms with E-state index in [-0.39, 0.29) is 11.3 Å². The number of nitrogens with zero attached hydrogens (tertiary/aromatic N) is 2. The fourth-order valence-corrected chi connectivity index (χ4v) is 3.42. The molecule has 0 radical (unpaired) electrons. The molecule has 5 heteroatoms. The molecule has 5 nitrogen and oxygen atoms in total. The number of carbonyl (C=O) groups is 1. The van der Waals surface area contributed by atoms with Crippen LogP contribution in [-0.2, 0) is 16.8 Å². The number of nitrogens with two attached hydrogens (primary N) is 1. The summed E-state index contributed by atoms with van der Waals surface area (Å²) in [4.78, 5) is 16.8. The van der Waals surface area contributed by atoms with Gasteiger partial charge < -0.3 is 15.6 Å². The molecule has 25 heavy (non-hydrogen) atoms. The minimum absolute atomic E-state index is 0.0438. The highest BCUT2D eigenvalue weighted by Gasteiger charge is 2.28. The van der Waals surface area contributed by atoms with Gasteiger partial charge in [-0.25, -0.2) is 4.98 Å². The monoisotopic (exact) mass is 340 g/mol. The van der Waals surface area contributed by atoms with Gasteiger partial charge in [0.25, 0.3) is 0 Å². The number of hydrogen-bond donors (Lipinski definition) is 2. The van der Waals surface area contributed by atoms with E-state index in [1.165, 1.54) is 0 Å². The molecule has 1 amide bonds. The molecule has 2 heterocycles. The van der Waals surface area contributed by atoms with Crippen LogP contribution in [0.15, 0.2) is 36.5 Å². The molecule has 1 aliphatic rings. The van der Waals surface area contributed by atoms with Crippen LogP contribution >= 0.6 is 0 Å². The molecule has 1 aromatic heterocycles. The van der Waals surface area contributed by atoms with Gasteiger partial charge in [-0.15, -0.1) is 0 Å². The van der Waals surface area contributed by atoms with Crippen LogP contribution in [0.2, 0.25) is 0 Å². The Morgan fingerprint density at radius 2 is 2.08 bits per heavy atom. The quantitative estimate of drug-likeness (QED) is 0.879. The van der Waals surface area contributed by atoms with Crippen molar-refractivity contribution in [3.05, 3.63) is 53.6 Å². The number of hydrogen-bond acceptors (Lipinski definition) is 3. The lowest BCUT2D eigenvalue weighted by molar-refractivity contribution is -0.120. The first-order valence-electron chi connectivity index (χ1n) is 9.01. The first-order valence-corrected chi connectivity index (χ1v) is 9.01. The van der Waals surface area contributed by atoms with E-state index in [4.69, 9.17) is 10.7 Å². The molecule has 1 aromatic carbocycles. The Kier molecular flexibility index (Phi) is 4.95. The lowest BCUT2D eigenvalue weighted by Crippen LogP contribution is -2.37. The van der Waals surface area contributed by atoms with Gasteiger partial charge in [0.05, 0.1) is 5.69 Å². The molecule has 0 saturated heterocycles. The average molecular weight is 340 g/mol. The second kappa shape index (κ2) is 7.00. The summed E-state index contributed by atoms with van der Waals surface area (Å²) in [5, 5.41) is 3.37. The lowest BCUT2D eigenvalue weighted by atomic mass is 9.93. The molecule has 2 aromatic rings. The maximum atomic E-state index is 11.9. The summed E-state index contributed by atoms with van der Waals surface area (Å²) in [5.74, 6) is 1.08. The number of benzene rings is 1. The predicted octanol–water partition coefficient (Wildman–Crippen LogP) is 2.87. The van der Waals surface area contributed by atoms with E-state index in [9.17, 15) is 4.79 Å². The van der Waals surface area contributed by atoms with E-state index >= 15 is 0 Å². The molecule has 1 aliphatic heterocycles. The molecule has 0 bridgehead atoms. The Hall–Kier alpha value is -2.14. The second-order valence-electron chi connectivity index (χ2n) is 7.92. The molecule has 134 valence electrons. The van der Waals surface area contributed by atoms with Crippen molar-refractivity contribution in [1.29, 1.82) is 0 Å². The van der Waals surface area contributed by atoms with Crippen molar-refractivity contribution in [3.63, 3.8) is 0 Å². The molecule has 3 rings (SSSR count). The molecular formula is C20H28N4O. The van der Waals surface area contributed by atoms with Gasteiger partial charge in [-0.3, -0.25) is 4.79 Å². The third kappa shape index (κ3) is 3.93. The van der Waals surface area contributed by atoms with Gasteiger partial charge in [0.1, 0.15) is 11.9 Å². The molecule has 3 N–H and O–H groups in total. The number of rotatable bonds is 5. The number of fused-ring (bicyclic) bond motifs is 1. The lowest BCUT2D eigenvalue weighted by Gasteiger charge is -2.25. The van der Waals surface area contributed by atoms with E-state index < -0.39 is 6.04 Å². The van der Waals surface area contributed by atoms with Gasteiger partial charge in [-0.05, 0) is 18.4 Å². The summed E-state index contributed by atoms with van der Waals surface area (Å²) in [6, 6.07) is 9.19. The minimum atomic E-state index is -0.464. The number of aromatic nitrogens is 2. The Morgan fingerprint density at radius 1 is 1.36 bits per heavy atom. The van der Waals surface area contributed by atoms with E-state index in [1.54, 1.807) is 0 Å². The predicted molar refractivity (Wildman–Crippen MR) is 99.3 cm³/mol. The largest absolute Gasteiger partial charge is 0.368 e. The smallest absolute Gasteiger partial charge is 0.239 e. The highest BCUT2D eigenvalue weighted by Crippen LogP contribution is 2.30. The van der Waals surface area contributed by atoms with Gasteiger partial charge in [-0.2, -0.15) is 0 Å². The minimum Gasteiger partial charge on any atom is -0.368 e. The van der Waals surface area contributed by atoms with Crippen molar-refractivity contribution < 1.29 is 4.79 Å². The number of aryl methyl sites for hydroxylation is 1. The van der Waals surface area contributed by atoms with Crippen LogP contribution in [-0.4, -0.2) is 22.0 Å². The highest BCUT2D eigenvalue weighted by atomic mass is 16.1. The zero-order valence-corrected chi connectivity index (χ0v) is 15.3. The summed E-state index contributed by atoms with van der Waals surface area (Å²) in [6.07, 6.45) is 4.39. The fraction of sp³-hybridized carbons (Fsp3) is 0.500. The summed E-state index contributed by atoms with van der Waals surface area (Å²) in [7, 11) is 0. The fourth-order valence-electron chi connectivity index (χ4n) is 3.42. The van der Waals surface area contributed by atoms with Crippen molar-refractivity contribution in [2.24, 2.45) is 5.73 Å². The Morgan fingerprint density at radius 3 is 2.72 bits per heavy atom. The van der Waals surface area contributed by atoms with Crippen LogP contribution in [0.1, 0.15) is 62.7 Å². The van der Waals surface area contributed by atoms with Crippen molar-refractivity contribution in [2.45, 2.75) is 57.5 Å². The number of imidazole rings is 1. The van der Waals surface area contributed by atoms with Crippen LogP contribution in [0.5, 0.6) is 0 Å². The third-order valence-electron chi connectivity index (χ3n) is 4.88. The van der Waals surface area contributed by atoms with Crippen LogP contribution in [0.25, 0.3) is 0 Å². The number of carbonyl (C=O) groups excluding carboxylic acids is 1. The topological polar surface area (TPSA) is 72.9 Å². The summed E-state index contributed by atoms with van der Waals surface area (Å²) < 4.78 is 2.28. The van der Waals surface area contributed by atoms with Gasteiger partial charge in [0.15, 0.2) is 0 Å². The van der Waals surface area contributed by atoms with Crippen molar-refractivity contribution >= 4 is 5.91 Å². The molecular weight excluding hydrogens is 312 g/mol. The summed E-state index contributed by atoms with van der Waals surface area (Å²) >= 11 is 0. The summed E-state index contributed by atoms with van der Waals surface area (Å²) in [5.41, 5.74) is 7.70. The maximum absolute atomic E-state index is 11.9. The van der Waals surface area contributed by atoms with E-state index in [2.05, 4.69) is 36.9 Å². The number of nitrogens with one attached hydrogen (secondary N) is 1. The number of amides is 1. The van der Waals surface area contributed by atoms with Crippen LogP contribution in [0.4, 0.5) is 0 Å². The molecule has 0 spiro atoms. The first-order chi connectivity index (χ1) is 11.9. The zero-order valence-electron chi connectivity index (χ0n) is 15.3. The van der Waals surface area contributed by atoms with Crippen LogP contribution < -0.4 is 11.1 Å². The van der Waals surface area contributed by atoms with Gasteiger partial charge in [0.2, 0.25) is 5.91 Å². The van der Waals surface area contributed by atoms with Crippen molar-refractivity contribution in [2.75, 3.05) is 6.54 Å². The molecule has 0 aliphatic carbocycles. The zero-order chi connectivity index (χ0) is 18.0. The second-order valence-corrected chi connectivity index (χ2v) is 7.92. The Balaban J connectivity index is 1.76. The Bertz CT molecular complexity index is 730. The SMILES string of the molecule is CC(C)(C)c1cn2c(n1)[C@@H](CN[C@H](C(N)=O)c1ccccc1)CCC2. The van der Waals surface area contributed by atoms with Gasteiger partial charge in [0, 0.05) is 30.6 Å². The maximum Gasteiger partial charge on any atom is 0.239 e. The first kappa shape index (κ1) is 17.7. The summed E-state index contributed by atoms with van der Waals surface area (Å²) in [6.45, 7) is 8.28. The van der Waals surface area contributed by atoms with E-state index in [1.807, 2.05) is 30.3 Å². The van der Waals surface area contributed by atoms with Crippen LogP contribution in [0.3, 0.4) is 0 Å². The molecule has 0 saturated carbocycles. The average Bonchev–Trinajstić information content (AvgIpc) is 3.01. The molecule has 2 atom stereocenters. The van der Waals surface area contributed by atoms with Crippen LogP contribution in [0, 0.1) is 0 Å². The standard InChI is InChI=1S/C20H28N4O/c1-20(2,3)16-13-24-11-7-10-15(19(24)23-16)12-22-17(18(21)25)14-8-5-4-6-9-14/h4-6,8-9,13,15,17,22H,7,10-12H2,1-3H3,(H2,21,25)/t15-,17+/m1/s1. The van der Waals surface area contributed by atoms with E-state index in [0.29, 0.717) is 12.5 Å². The van der Waals surface area contributed by atoms with Gasteiger partial charge >= 0.3 is 0 Å². The third-order valence-corrected chi connectivity index (χ3v) is 4.88. The molecule has 0 fully saturated rings. The normalized spacial score (nSPS) is 18.6. The highest BCUT2D eigenvalue weighted by molar-refractivity contribution is 5.81. The van der Waals surface area contributed by atoms with Crippen molar-refractivity contribution in [3.8, 4) is 0 Å². The van der Waals surface area contributed by atoms with Crippen molar-refractivity contribution in [1.82, 2.24) is 14.9 Å². The Labute approximate surface area is 149 Å². The molecule has 0 unspecified atom stereocenters. The number of primary amides is 1.